The van der Waals surface area contributed by atoms with E-state index >= 15 is 0 Å². The minimum atomic E-state index is 0.448. The van der Waals surface area contributed by atoms with Crippen molar-refractivity contribution in [2.45, 2.75) is 103 Å². The fraction of sp³-hybridized carbons (Fsp3) is 0.600. The van der Waals surface area contributed by atoms with Crippen LogP contribution in [0.2, 0.25) is 0 Å². The molecule has 2 rings (SSSR count). The first kappa shape index (κ1) is 54.1. The number of ether oxygens (including phenoxy) is 10. The van der Waals surface area contributed by atoms with Crippen molar-refractivity contribution >= 4 is 0 Å². The van der Waals surface area contributed by atoms with Gasteiger partial charge in [-0.2, -0.15) is 0 Å². The molecule has 2 aromatic rings. The number of hydrogen-bond donors (Lipinski definition) is 0. The predicted molar refractivity (Wildman–Crippen MR) is 245 cm³/mol. The fourth-order valence-corrected chi connectivity index (χ4v) is 5.70. The zero-order valence-corrected chi connectivity index (χ0v) is 37.1. The van der Waals surface area contributed by atoms with E-state index in [2.05, 4.69) is 26.3 Å². The van der Waals surface area contributed by atoms with Gasteiger partial charge >= 0.3 is 0 Å². The van der Waals surface area contributed by atoms with Crippen LogP contribution in [-0.2, 0) is 28.4 Å². The van der Waals surface area contributed by atoms with Crippen molar-refractivity contribution in [1.29, 1.82) is 0 Å². The molecule has 0 amide bonds. The maximum Gasteiger partial charge on any atom is 0.123 e. The van der Waals surface area contributed by atoms with Crippen LogP contribution in [0.4, 0.5) is 0 Å². The third-order valence-electron chi connectivity index (χ3n) is 8.92. The van der Waals surface area contributed by atoms with Gasteiger partial charge in [0, 0.05) is 12.1 Å². The molecule has 0 atom stereocenters. The highest BCUT2D eigenvalue weighted by atomic mass is 16.6. The molecular formula is C50H80O10. The zero-order valence-electron chi connectivity index (χ0n) is 37.1. The number of allylic oxidation sites excluding steroid dienone is 2. The molecule has 2 aromatic carbocycles. The van der Waals surface area contributed by atoms with E-state index in [0.717, 1.165) is 61.9 Å². The Hall–Kier alpha value is -3.96. The monoisotopic (exact) mass is 841 g/mol. The van der Waals surface area contributed by atoms with Crippen molar-refractivity contribution in [3.05, 3.63) is 99.5 Å². The molecule has 0 bridgehead atoms. The first-order valence-electron chi connectivity index (χ1n) is 22.4. The average Bonchev–Trinajstić information content (AvgIpc) is 3.27. The molecule has 0 aromatic heterocycles. The van der Waals surface area contributed by atoms with E-state index in [9.17, 15) is 0 Å². The number of benzene rings is 2. The van der Waals surface area contributed by atoms with Gasteiger partial charge in [-0.1, -0.05) is 102 Å². The molecule has 0 aliphatic heterocycles. The van der Waals surface area contributed by atoms with Crippen LogP contribution in [0.15, 0.2) is 99.5 Å². The van der Waals surface area contributed by atoms with E-state index in [1.54, 1.807) is 0 Å². The molecule has 10 heteroatoms. The van der Waals surface area contributed by atoms with E-state index in [-0.39, 0.29) is 0 Å². The van der Waals surface area contributed by atoms with Gasteiger partial charge in [0.1, 0.15) is 49.4 Å². The van der Waals surface area contributed by atoms with E-state index in [0.29, 0.717) is 79.3 Å². The summed E-state index contributed by atoms with van der Waals surface area (Å²) >= 11 is 0. The third kappa shape index (κ3) is 37.1. The van der Waals surface area contributed by atoms with Crippen LogP contribution in [0.5, 0.6) is 23.0 Å². The van der Waals surface area contributed by atoms with Crippen LogP contribution in [-0.4, -0.2) is 92.5 Å². The van der Waals surface area contributed by atoms with Crippen molar-refractivity contribution < 1.29 is 47.4 Å². The van der Waals surface area contributed by atoms with Gasteiger partial charge in [0.2, 0.25) is 0 Å². The van der Waals surface area contributed by atoms with Gasteiger partial charge in [-0.05, 0) is 62.8 Å². The SMILES string of the molecule is C=CCCCCCCCCCOc1cccc(OCCCCCCCCCC=C)c1.C=COCCOCCOCCOc1cccc(OCCOCCOCCOC=C)c1. The summed E-state index contributed by atoms with van der Waals surface area (Å²) in [6, 6.07) is 15.6. The van der Waals surface area contributed by atoms with E-state index in [1.165, 1.54) is 89.6 Å². The van der Waals surface area contributed by atoms with Crippen LogP contribution in [0.25, 0.3) is 0 Å². The Labute approximate surface area is 364 Å². The summed E-state index contributed by atoms with van der Waals surface area (Å²) in [6.45, 7) is 22.0. The van der Waals surface area contributed by atoms with Crippen molar-refractivity contribution in [1.82, 2.24) is 0 Å². The van der Waals surface area contributed by atoms with Gasteiger partial charge in [-0.25, -0.2) is 0 Å². The molecule has 0 radical (unpaired) electrons. The predicted octanol–water partition coefficient (Wildman–Crippen LogP) is 11.9. The Kier molecular flexibility index (Phi) is 40.2. The largest absolute Gasteiger partial charge is 0.499 e. The van der Waals surface area contributed by atoms with Crippen molar-refractivity contribution in [3.63, 3.8) is 0 Å². The Morgan fingerprint density at radius 2 is 0.600 bits per heavy atom. The quantitative estimate of drug-likeness (QED) is 0.0365. The van der Waals surface area contributed by atoms with Crippen LogP contribution in [0.1, 0.15) is 103 Å². The van der Waals surface area contributed by atoms with Crippen LogP contribution in [0.3, 0.4) is 0 Å². The Morgan fingerprint density at radius 1 is 0.317 bits per heavy atom. The number of rotatable bonds is 44. The second-order valence-corrected chi connectivity index (χ2v) is 14.0. The van der Waals surface area contributed by atoms with Crippen LogP contribution in [0, 0.1) is 0 Å². The molecule has 0 saturated heterocycles. The summed E-state index contributed by atoms with van der Waals surface area (Å²) < 4.78 is 54.6. The number of hydrogen-bond acceptors (Lipinski definition) is 10. The minimum absolute atomic E-state index is 0.448. The molecule has 0 unspecified atom stereocenters. The number of unbranched alkanes of at least 4 members (excludes halogenated alkanes) is 14. The van der Waals surface area contributed by atoms with Gasteiger partial charge in [0.05, 0.1) is 78.6 Å². The summed E-state index contributed by atoms with van der Waals surface area (Å²) in [5, 5.41) is 0. The fourth-order valence-electron chi connectivity index (χ4n) is 5.70. The van der Waals surface area contributed by atoms with Crippen molar-refractivity contribution in [2.24, 2.45) is 0 Å². The molecule has 10 nitrogen and oxygen atoms in total. The third-order valence-corrected chi connectivity index (χ3v) is 8.92. The van der Waals surface area contributed by atoms with E-state index < -0.39 is 0 Å². The van der Waals surface area contributed by atoms with E-state index in [4.69, 9.17) is 47.4 Å². The summed E-state index contributed by atoms with van der Waals surface area (Å²) in [7, 11) is 0. The lowest BCUT2D eigenvalue weighted by Gasteiger charge is -2.10. The molecule has 0 aliphatic carbocycles. The Balaban J connectivity index is 0.000000600. The van der Waals surface area contributed by atoms with Crippen molar-refractivity contribution in [3.8, 4) is 23.0 Å². The first-order valence-corrected chi connectivity index (χ1v) is 22.4. The normalized spacial score (nSPS) is 10.5. The van der Waals surface area contributed by atoms with Crippen molar-refractivity contribution in [2.75, 3.05) is 92.5 Å². The standard InChI is InChI=1S/C28H46O2.C22H34O8/c1-3-5-7-9-11-13-15-17-19-24-29-27-22-21-23-28(26-27)30-25-20-18-16-14-12-10-8-6-4-2;1-3-23-8-10-25-12-14-27-16-18-29-21-6-5-7-22(20-21)30-19-17-28-15-13-26-11-9-24-4-2/h3-4,21-23,26H,1-2,5-20,24-25H2;3-7,20H,1-2,8-19H2. The van der Waals surface area contributed by atoms with E-state index in [1.807, 2.05) is 60.7 Å². The lowest BCUT2D eigenvalue weighted by atomic mass is 10.1. The minimum Gasteiger partial charge on any atom is -0.499 e. The highest BCUT2D eigenvalue weighted by molar-refractivity contribution is 5.33. The summed E-state index contributed by atoms with van der Waals surface area (Å²) in [6.07, 6.45) is 27.2. The maximum atomic E-state index is 5.91. The van der Waals surface area contributed by atoms with Gasteiger partial charge in [-0.3, -0.25) is 0 Å². The van der Waals surface area contributed by atoms with Gasteiger partial charge in [-0.15, -0.1) is 13.2 Å². The lowest BCUT2D eigenvalue weighted by Crippen LogP contribution is -2.13. The van der Waals surface area contributed by atoms with Gasteiger partial charge in [0.25, 0.3) is 0 Å². The smallest absolute Gasteiger partial charge is 0.123 e. The average molecular weight is 841 g/mol. The lowest BCUT2D eigenvalue weighted by molar-refractivity contribution is 0.0221. The summed E-state index contributed by atoms with van der Waals surface area (Å²) in [5.41, 5.74) is 0. The molecule has 340 valence electrons. The highest BCUT2D eigenvalue weighted by Crippen LogP contribution is 2.21. The van der Waals surface area contributed by atoms with Crippen LogP contribution >= 0.6 is 0 Å². The van der Waals surface area contributed by atoms with Gasteiger partial charge < -0.3 is 47.4 Å². The topological polar surface area (TPSA) is 92.3 Å². The summed E-state index contributed by atoms with van der Waals surface area (Å²) in [5.74, 6) is 3.31. The second-order valence-electron chi connectivity index (χ2n) is 14.0. The van der Waals surface area contributed by atoms with Gasteiger partial charge in [0.15, 0.2) is 0 Å². The molecule has 0 aliphatic rings. The molecule has 0 N–H and O–H groups in total. The zero-order chi connectivity index (χ0) is 43.1. The Morgan fingerprint density at radius 3 is 0.933 bits per heavy atom. The second kappa shape index (κ2) is 44.6. The molecule has 0 heterocycles. The Bertz CT molecular complexity index is 1070. The molecule has 0 saturated carbocycles. The molecule has 60 heavy (non-hydrogen) atoms. The highest BCUT2D eigenvalue weighted by Gasteiger charge is 2.02. The molecule has 0 fully saturated rings. The molecular weight excluding hydrogens is 761 g/mol. The maximum absolute atomic E-state index is 5.91. The van der Waals surface area contributed by atoms with Crippen LogP contribution < -0.4 is 18.9 Å². The summed E-state index contributed by atoms with van der Waals surface area (Å²) in [4.78, 5) is 0. The first-order chi connectivity index (χ1) is 29.7. The molecule has 0 spiro atoms.